The van der Waals surface area contributed by atoms with E-state index in [1.54, 1.807) is 0 Å². The van der Waals surface area contributed by atoms with Gasteiger partial charge in [-0.15, -0.1) is 0 Å². The molecule has 0 aliphatic carbocycles. The molecule has 0 aliphatic rings. The minimum atomic E-state index is -0.269. The number of hydrogen-bond acceptors (Lipinski definition) is 5. The molecule has 5 nitrogen and oxygen atoms in total. The third-order valence-electron chi connectivity index (χ3n) is 4.09. The molecular weight excluding hydrogens is 268 g/mol. The summed E-state index contributed by atoms with van der Waals surface area (Å²) in [6, 6.07) is 0. The van der Waals surface area contributed by atoms with Crippen molar-refractivity contribution < 1.29 is 9.62 Å². The lowest BCUT2D eigenvalue weighted by Gasteiger charge is -2.18. The van der Waals surface area contributed by atoms with Crippen molar-refractivity contribution in [2.24, 2.45) is 5.16 Å². The first kappa shape index (κ1) is 15.1. The van der Waals surface area contributed by atoms with Gasteiger partial charge >= 0.3 is 0 Å². The number of rotatable bonds is 2. The summed E-state index contributed by atoms with van der Waals surface area (Å²) in [5.41, 5.74) is 10.2. The minimum absolute atomic E-state index is 0.0325. The molecule has 0 saturated heterocycles. The average Bonchev–Trinajstić information content (AvgIpc) is 2.40. The Balaban J connectivity index is 3.13. The Morgan fingerprint density at radius 1 is 1.19 bits per heavy atom. The molecule has 0 bridgehead atoms. The molecule has 2 rings (SSSR count). The predicted octanol–water partition coefficient (Wildman–Crippen LogP) is 3.23. The van der Waals surface area contributed by atoms with E-state index in [4.69, 9.17) is 15.4 Å². The zero-order valence-corrected chi connectivity index (χ0v) is 12.9. The lowest BCUT2D eigenvalue weighted by molar-refractivity contribution is 0.321. The maximum atomic E-state index is 12.7. The topological polar surface area (TPSA) is 88.8 Å². The Labute approximate surface area is 123 Å². The van der Waals surface area contributed by atoms with Crippen molar-refractivity contribution in [3.8, 4) is 0 Å². The second kappa shape index (κ2) is 5.24. The molecule has 0 aliphatic heterocycles. The quantitative estimate of drug-likeness (QED) is 0.504. The van der Waals surface area contributed by atoms with Gasteiger partial charge in [0.05, 0.1) is 11.6 Å². The van der Waals surface area contributed by atoms with Crippen molar-refractivity contribution in [1.82, 2.24) is 0 Å². The highest BCUT2D eigenvalue weighted by Gasteiger charge is 2.21. The molecule has 0 radical (unpaired) electrons. The van der Waals surface area contributed by atoms with Crippen molar-refractivity contribution in [3.05, 3.63) is 38.0 Å². The van der Waals surface area contributed by atoms with Crippen LogP contribution in [-0.4, -0.2) is 11.4 Å². The summed E-state index contributed by atoms with van der Waals surface area (Å²) in [4.78, 5) is 12.7. The largest absolute Gasteiger partial charge is 0.440 e. The summed E-state index contributed by atoms with van der Waals surface area (Å²) in [6.45, 7) is 10.0. The smallest absolute Gasteiger partial charge is 0.204 e. The molecule has 0 amide bonds. The van der Waals surface area contributed by atoms with Gasteiger partial charge < -0.3 is 15.4 Å². The normalized spacial score (nSPS) is 11.9. The molecule has 1 aromatic carbocycles. The van der Waals surface area contributed by atoms with Crippen LogP contribution < -0.4 is 11.2 Å². The lowest BCUT2D eigenvalue weighted by atomic mass is 9.88. The van der Waals surface area contributed by atoms with E-state index in [-0.39, 0.29) is 22.8 Å². The van der Waals surface area contributed by atoms with E-state index in [1.807, 2.05) is 20.8 Å². The number of nitrogen functional groups attached to an aromatic ring is 1. The van der Waals surface area contributed by atoms with E-state index < -0.39 is 0 Å². The van der Waals surface area contributed by atoms with Crippen LogP contribution in [0.2, 0.25) is 0 Å². The molecule has 0 saturated carbocycles. The number of hydrogen-bond donors (Lipinski definition) is 2. The molecule has 21 heavy (non-hydrogen) atoms. The Bertz CT molecular complexity index is 802. The predicted molar refractivity (Wildman–Crippen MR) is 84.6 cm³/mol. The molecule has 3 N–H and O–H groups in total. The molecule has 1 aromatic heterocycles. The second-order valence-electron chi connectivity index (χ2n) is 5.60. The SMILES string of the molecule is Cc1c(C)c(C)c2c(=O)c(C=NO)c(N)oc2c1C(C)C. The number of aryl methyl sites for hydroxylation is 1. The van der Waals surface area contributed by atoms with Gasteiger partial charge in [0.25, 0.3) is 0 Å². The summed E-state index contributed by atoms with van der Waals surface area (Å²) < 4.78 is 5.71. The van der Waals surface area contributed by atoms with Gasteiger partial charge in [-0.3, -0.25) is 4.79 Å². The number of fused-ring (bicyclic) bond motifs is 1. The summed E-state index contributed by atoms with van der Waals surface area (Å²) in [5, 5.41) is 12.1. The van der Waals surface area contributed by atoms with Crippen LogP contribution >= 0.6 is 0 Å². The first-order valence-electron chi connectivity index (χ1n) is 6.84. The van der Waals surface area contributed by atoms with Crippen LogP contribution in [0, 0.1) is 20.8 Å². The molecule has 5 heteroatoms. The van der Waals surface area contributed by atoms with E-state index >= 15 is 0 Å². The maximum absolute atomic E-state index is 12.7. The van der Waals surface area contributed by atoms with Gasteiger partial charge in [-0.05, 0) is 43.4 Å². The summed E-state index contributed by atoms with van der Waals surface area (Å²) >= 11 is 0. The highest BCUT2D eigenvalue weighted by molar-refractivity contribution is 5.94. The zero-order chi connectivity index (χ0) is 15.9. The Hall–Kier alpha value is -2.30. The maximum Gasteiger partial charge on any atom is 0.204 e. The second-order valence-corrected chi connectivity index (χ2v) is 5.60. The first-order valence-corrected chi connectivity index (χ1v) is 6.84. The van der Waals surface area contributed by atoms with Crippen LogP contribution in [0.5, 0.6) is 0 Å². The van der Waals surface area contributed by atoms with Crippen molar-refractivity contribution in [2.45, 2.75) is 40.5 Å². The molecule has 0 spiro atoms. The van der Waals surface area contributed by atoms with Gasteiger partial charge in [0.1, 0.15) is 11.1 Å². The molecule has 1 heterocycles. The molecule has 2 aromatic rings. The van der Waals surface area contributed by atoms with Gasteiger partial charge in [0, 0.05) is 5.56 Å². The highest BCUT2D eigenvalue weighted by Crippen LogP contribution is 2.34. The van der Waals surface area contributed by atoms with Gasteiger partial charge in [0.2, 0.25) is 11.3 Å². The van der Waals surface area contributed by atoms with Crippen molar-refractivity contribution in [2.75, 3.05) is 5.73 Å². The van der Waals surface area contributed by atoms with Crippen LogP contribution in [0.3, 0.4) is 0 Å². The zero-order valence-electron chi connectivity index (χ0n) is 12.9. The number of oxime groups is 1. The molecule has 0 unspecified atom stereocenters. The average molecular weight is 288 g/mol. The summed E-state index contributed by atoms with van der Waals surface area (Å²) in [7, 11) is 0. The third-order valence-corrected chi connectivity index (χ3v) is 4.09. The summed E-state index contributed by atoms with van der Waals surface area (Å²) in [6.07, 6.45) is 1.02. The molecular formula is C16H20N2O3. The van der Waals surface area contributed by atoms with Gasteiger partial charge in [-0.25, -0.2) is 0 Å². The minimum Gasteiger partial charge on any atom is -0.440 e. The Kier molecular flexibility index (Phi) is 3.77. The van der Waals surface area contributed by atoms with Gasteiger partial charge in [-0.1, -0.05) is 19.0 Å². The number of nitrogens with two attached hydrogens (primary N) is 1. The van der Waals surface area contributed by atoms with Crippen LogP contribution in [0.4, 0.5) is 5.88 Å². The fourth-order valence-corrected chi connectivity index (χ4v) is 2.81. The van der Waals surface area contributed by atoms with E-state index in [1.165, 1.54) is 0 Å². The van der Waals surface area contributed by atoms with E-state index in [0.717, 1.165) is 28.5 Å². The molecule has 0 fully saturated rings. The third kappa shape index (κ3) is 2.18. The highest BCUT2D eigenvalue weighted by atomic mass is 16.4. The summed E-state index contributed by atoms with van der Waals surface area (Å²) in [5.74, 6) is 0.168. The molecule has 112 valence electrons. The number of benzene rings is 1. The number of nitrogens with zero attached hydrogens (tertiary/aromatic N) is 1. The standard InChI is InChI=1S/C16H20N2O3/c1-7(2)12-9(4)8(3)10(5)13-14(19)11(6-18-20)16(17)21-15(12)13/h6-7,20H,17H2,1-5H3. The lowest BCUT2D eigenvalue weighted by Crippen LogP contribution is -2.15. The Morgan fingerprint density at radius 2 is 1.81 bits per heavy atom. The van der Waals surface area contributed by atoms with E-state index in [0.29, 0.717) is 11.0 Å². The first-order chi connectivity index (χ1) is 9.81. The van der Waals surface area contributed by atoms with E-state index in [2.05, 4.69) is 19.0 Å². The van der Waals surface area contributed by atoms with Crippen molar-refractivity contribution in [3.63, 3.8) is 0 Å². The fraction of sp³-hybridized carbons (Fsp3) is 0.375. The van der Waals surface area contributed by atoms with E-state index in [9.17, 15) is 4.79 Å². The Morgan fingerprint density at radius 3 is 2.33 bits per heavy atom. The van der Waals surface area contributed by atoms with Crippen LogP contribution in [0.25, 0.3) is 11.0 Å². The van der Waals surface area contributed by atoms with Crippen LogP contribution in [0.1, 0.15) is 47.6 Å². The fourth-order valence-electron chi connectivity index (χ4n) is 2.81. The van der Waals surface area contributed by atoms with Gasteiger partial charge in [0.15, 0.2) is 0 Å². The van der Waals surface area contributed by atoms with Crippen molar-refractivity contribution in [1.29, 1.82) is 0 Å². The molecule has 0 atom stereocenters. The monoisotopic (exact) mass is 288 g/mol. The number of anilines is 1. The van der Waals surface area contributed by atoms with Crippen molar-refractivity contribution >= 4 is 23.1 Å². The van der Waals surface area contributed by atoms with Gasteiger partial charge in [-0.2, -0.15) is 0 Å². The van der Waals surface area contributed by atoms with Crippen LogP contribution in [0.15, 0.2) is 14.4 Å². The van der Waals surface area contributed by atoms with Crippen LogP contribution in [-0.2, 0) is 0 Å².